The molecule has 2 rings (SSSR count). The second kappa shape index (κ2) is 3.62. The first-order chi connectivity index (χ1) is 7.48. The smallest absolute Gasteiger partial charge is 0.252 e. The van der Waals surface area contributed by atoms with Gasteiger partial charge >= 0.3 is 6.18 Å². The average Bonchev–Trinajstić information content (AvgIpc) is 2.63. The van der Waals surface area contributed by atoms with Gasteiger partial charge in [-0.1, -0.05) is 0 Å². The molecule has 0 aliphatic rings. The van der Waals surface area contributed by atoms with E-state index < -0.39 is 11.9 Å². The van der Waals surface area contributed by atoms with Crippen molar-refractivity contribution in [2.75, 3.05) is 0 Å². The predicted molar refractivity (Wildman–Crippen MR) is 51.1 cm³/mol. The fourth-order valence-electron chi connectivity index (χ4n) is 1.35. The maximum Gasteiger partial charge on any atom is 0.433 e. The van der Waals surface area contributed by atoms with Gasteiger partial charge in [0.05, 0.1) is 5.69 Å². The maximum absolute atomic E-state index is 12.4. The minimum absolute atomic E-state index is 0.352. The van der Waals surface area contributed by atoms with Gasteiger partial charge in [0.1, 0.15) is 5.69 Å². The largest absolute Gasteiger partial charge is 0.433 e. The summed E-state index contributed by atoms with van der Waals surface area (Å²) in [7, 11) is 0. The molecule has 0 unspecified atom stereocenters. The minimum Gasteiger partial charge on any atom is -0.252 e. The second-order valence-electron chi connectivity index (χ2n) is 3.28. The van der Waals surface area contributed by atoms with Crippen LogP contribution in [0.4, 0.5) is 13.2 Å². The molecule has 0 radical (unpaired) electrons. The Bertz CT molecular complexity index is 502. The van der Waals surface area contributed by atoms with Crippen molar-refractivity contribution >= 4 is 0 Å². The number of hydrogen-bond acceptors (Lipinski definition) is 2. The summed E-state index contributed by atoms with van der Waals surface area (Å²) in [6.45, 7) is 1.76. The lowest BCUT2D eigenvalue weighted by atomic mass is 10.3. The third kappa shape index (κ3) is 1.91. The summed E-state index contributed by atoms with van der Waals surface area (Å²) in [4.78, 5) is 3.28. The van der Waals surface area contributed by atoms with Crippen molar-refractivity contribution in [1.82, 2.24) is 14.8 Å². The lowest BCUT2D eigenvalue weighted by molar-refractivity contribution is -0.141. The molecule has 16 heavy (non-hydrogen) atoms. The summed E-state index contributed by atoms with van der Waals surface area (Å²) in [5.74, 6) is 0. The van der Waals surface area contributed by atoms with Crippen LogP contribution in [0.15, 0.2) is 30.6 Å². The van der Waals surface area contributed by atoms with Crippen molar-refractivity contribution in [2.24, 2.45) is 0 Å². The van der Waals surface area contributed by atoms with Crippen LogP contribution < -0.4 is 0 Å². The van der Waals surface area contributed by atoms with Crippen LogP contribution in [-0.4, -0.2) is 14.8 Å². The van der Waals surface area contributed by atoms with E-state index in [0.717, 1.165) is 18.0 Å². The molecule has 0 aliphatic heterocycles. The van der Waals surface area contributed by atoms with Crippen LogP contribution >= 0.6 is 0 Å². The fraction of sp³-hybridized carbons (Fsp3) is 0.200. The number of nitrogens with zero attached hydrogens (tertiary/aromatic N) is 3. The van der Waals surface area contributed by atoms with E-state index in [4.69, 9.17) is 0 Å². The van der Waals surface area contributed by atoms with E-state index >= 15 is 0 Å². The molecule has 2 aromatic heterocycles. The summed E-state index contributed by atoms with van der Waals surface area (Å²) >= 11 is 0. The third-order valence-electron chi connectivity index (χ3n) is 2.11. The molecule has 2 heterocycles. The highest BCUT2D eigenvalue weighted by Crippen LogP contribution is 2.28. The molecule has 6 heteroatoms. The van der Waals surface area contributed by atoms with E-state index in [9.17, 15) is 13.2 Å². The molecule has 3 nitrogen and oxygen atoms in total. The van der Waals surface area contributed by atoms with Gasteiger partial charge in [-0.3, -0.25) is 4.98 Å². The van der Waals surface area contributed by atoms with Crippen LogP contribution in [0.2, 0.25) is 0 Å². The molecule has 84 valence electrons. The molecule has 0 spiro atoms. The van der Waals surface area contributed by atoms with Gasteiger partial charge in [-0.2, -0.15) is 18.3 Å². The SMILES string of the molecule is Cc1ccnn1-c1ccnc(C(F)(F)F)c1. The van der Waals surface area contributed by atoms with Gasteiger partial charge in [0.25, 0.3) is 0 Å². The van der Waals surface area contributed by atoms with Gasteiger partial charge in [0, 0.05) is 18.1 Å². The Hall–Kier alpha value is -1.85. The molecule has 0 aromatic carbocycles. The number of hydrogen-bond donors (Lipinski definition) is 0. The van der Waals surface area contributed by atoms with E-state index in [1.54, 1.807) is 13.0 Å². The van der Waals surface area contributed by atoms with Crippen molar-refractivity contribution in [3.8, 4) is 5.69 Å². The Kier molecular flexibility index (Phi) is 2.41. The standard InChI is InChI=1S/C10H8F3N3/c1-7-2-5-15-16(7)8-3-4-14-9(6-8)10(11,12)13/h2-6H,1H3. The van der Waals surface area contributed by atoms with Crippen molar-refractivity contribution in [3.63, 3.8) is 0 Å². The zero-order valence-electron chi connectivity index (χ0n) is 8.36. The zero-order chi connectivity index (χ0) is 11.8. The first-order valence-corrected chi connectivity index (χ1v) is 4.53. The Balaban J connectivity index is 2.49. The van der Waals surface area contributed by atoms with Crippen LogP contribution in [0.25, 0.3) is 5.69 Å². The van der Waals surface area contributed by atoms with Gasteiger partial charge in [-0.05, 0) is 25.1 Å². The van der Waals surface area contributed by atoms with Crippen molar-refractivity contribution in [1.29, 1.82) is 0 Å². The second-order valence-corrected chi connectivity index (χ2v) is 3.28. The average molecular weight is 227 g/mol. The van der Waals surface area contributed by atoms with Crippen LogP contribution in [0.5, 0.6) is 0 Å². The summed E-state index contributed by atoms with van der Waals surface area (Å²) in [6, 6.07) is 4.17. The maximum atomic E-state index is 12.4. The first kappa shape index (κ1) is 10.7. The number of halogens is 3. The third-order valence-corrected chi connectivity index (χ3v) is 2.11. The Morgan fingerprint density at radius 3 is 2.50 bits per heavy atom. The Morgan fingerprint density at radius 2 is 1.94 bits per heavy atom. The van der Waals surface area contributed by atoms with Crippen LogP contribution in [0.1, 0.15) is 11.4 Å². The minimum atomic E-state index is -4.43. The highest BCUT2D eigenvalue weighted by Gasteiger charge is 2.32. The quantitative estimate of drug-likeness (QED) is 0.749. The molecule has 0 amide bonds. The highest BCUT2D eigenvalue weighted by molar-refractivity contribution is 5.33. The van der Waals surface area contributed by atoms with E-state index in [0.29, 0.717) is 5.69 Å². The lowest BCUT2D eigenvalue weighted by Gasteiger charge is -2.08. The molecule has 0 saturated carbocycles. The summed E-state index contributed by atoms with van der Waals surface area (Å²) < 4.78 is 38.7. The van der Waals surface area contributed by atoms with E-state index in [2.05, 4.69) is 10.1 Å². The fourth-order valence-corrected chi connectivity index (χ4v) is 1.35. The topological polar surface area (TPSA) is 30.7 Å². The van der Waals surface area contributed by atoms with Gasteiger partial charge in [0.2, 0.25) is 0 Å². The molecule has 0 atom stereocenters. The van der Waals surface area contributed by atoms with Crippen LogP contribution in [0.3, 0.4) is 0 Å². The molecule has 0 bridgehead atoms. The molecular weight excluding hydrogens is 219 g/mol. The van der Waals surface area contributed by atoms with Crippen LogP contribution in [0, 0.1) is 6.92 Å². The summed E-state index contributed by atoms with van der Waals surface area (Å²) in [5, 5.41) is 3.93. The molecule has 0 fully saturated rings. The Morgan fingerprint density at radius 1 is 1.19 bits per heavy atom. The molecule has 0 saturated heterocycles. The normalized spacial score (nSPS) is 11.8. The van der Waals surface area contributed by atoms with Crippen molar-refractivity contribution in [3.05, 3.63) is 42.0 Å². The number of aryl methyl sites for hydroxylation is 1. The number of alkyl halides is 3. The number of aromatic nitrogens is 3. The van der Waals surface area contributed by atoms with Gasteiger partial charge in [-0.25, -0.2) is 4.68 Å². The van der Waals surface area contributed by atoms with Gasteiger partial charge < -0.3 is 0 Å². The number of pyridine rings is 1. The molecular formula is C10H8F3N3. The van der Waals surface area contributed by atoms with E-state index in [-0.39, 0.29) is 0 Å². The summed E-state index contributed by atoms with van der Waals surface area (Å²) in [5.41, 5.74) is 0.198. The van der Waals surface area contributed by atoms with E-state index in [1.165, 1.54) is 16.9 Å². The van der Waals surface area contributed by atoms with Gasteiger partial charge in [0.15, 0.2) is 0 Å². The van der Waals surface area contributed by atoms with Crippen LogP contribution in [-0.2, 0) is 6.18 Å². The predicted octanol–water partition coefficient (Wildman–Crippen LogP) is 2.59. The molecule has 0 N–H and O–H groups in total. The number of rotatable bonds is 1. The van der Waals surface area contributed by atoms with E-state index in [1.807, 2.05) is 0 Å². The Labute approximate surface area is 89.5 Å². The first-order valence-electron chi connectivity index (χ1n) is 4.53. The molecule has 2 aromatic rings. The highest BCUT2D eigenvalue weighted by atomic mass is 19.4. The van der Waals surface area contributed by atoms with Gasteiger partial charge in [-0.15, -0.1) is 0 Å². The zero-order valence-corrected chi connectivity index (χ0v) is 8.36. The monoisotopic (exact) mass is 227 g/mol. The van der Waals surface area contributed by atoms with Crippen molar-refractivity contribution < 1.29 is 13.2 Å². The lowest BCUT2D eigenvalue weighted by Crippen LogP contribution is -2.09. The van der Waals surface area contributed by atoms with Crippen molar-refractivity contribution in [2.45, 2.75) is 13.1 Å². The molecule has 0 aliphatic carbocycles. The summed E-state index contributed by atoms with van der Waals surface area (Å²) in [6.07, 6.45) is -1.78.